The number of alkyl carbamates (subject to hydrolysis) is 1. The van der Waals surface area contributed by atoms with Crippen molar-refractivity contribution in [2.45, 2.75) is 39.7 Å². The molecule has 0 aromatic heterocycles. The molecule has 0 bridgehead atoms. The minimum Gasteiger partial charge on any atom is -0.665 e. The van der Waals surface area contributed by atoms with Gasteiger partial charge < -0.3 is 15.4 Å². The first-order valence-corrected chi connectivity index (χ1v) is 6.90. The summed E-state index contributed by atoms with van der Waals surface area (Å²) in [5, 5.41) is 6.75. The van der Waals surface area contributed by atoms with Crippen molar-refractivity contribution in [2.75, 3.05) is 20.1 Å². The van der Waals surface area contributed by atoms with E-state index in [0.29, 0.717) is 6.54 Å². The summed E-state index contributed by atoms with van der Waals surface area (Å²) in [4.78, 5) is 11.5. The molecule has 5 heteroatoms. The van der Waals surface area contributed by atoms with E-state index in [9.17, 15) is 4.79 Å². The summed E-state index contributed by atoms with van der Waals surface area (Å²) in [5.74, 6) is 0. The molecule has 21 heavy (non-hydrogen) atoms. The molecule has 0 aliphatic heterocycles. The van der Waals surface area contributed by atoms with Gasteiger partial charge in [0.2, 0.25) is 0 Å². The number of allylic oxidation sites excluding steroid dienone is 3. The fourth-order valence-electron chi connectivity index (χ4n) is 1.30. The average Bonchev–Trinajstić information content (AvgIpc) is 2.35. The fraction of sp³-hybridized carbons (Fsp3) is 0.562. The van der Waals surface area contributed by atoms with Crippen LogP contribution < -0.4 is 34.9 Å². The number of hydrogen-bond donors (Lipinski definition) is 1. The van der Waals surface area contributed by atoms with E-state index in [0.717, 1.165) is 18.5 Å². The van der Waals surface area contributed by atoms with Crippen LogP contribution in [0.25, 0.3) is 5.32 Å². The van der Waals surface area contributed by atoms with Crippen LogP contribution in [0.3, 0.4) is 0 Å². The van der Waals surface area contributed by atoms with Gasteiger partial charge in [-0.2, -0.15) is 7.05 Å². The molecule has 0 rings (SSSR count). The van der Waals surface area contributed by atoms with Crippen LogP contribution in [0.5, 0.6) is 0 Å². The molecule has 0 atom stereocenters. The maximum atomic E-state index is 11.5. The van der Waals surface area contributed by atoms with Gasteiger partial charge in [0.25, 0.3) is 0 Å². The van der Waals surface area contributed by atoms with Gasteiger partial charge in [-0.3, -0.25) is 0 Å². The first-order chi connectivity index (χ1) is 9.39. The van der Waals surface area contributed by atoms with Crippen LogP contribution in [0.1, 0.15) is 34.1 Å². The second-order valence-corrected chi connectivity index (χ2v) is 5.33. The Hall–Kier alpha value is -0.550. The smallest absolute Gasteiger partial charge is 0.665 e. The Morgan fingerprint density at radius 1 is 1.29 bits per heavy atom. The maximum absolute atomic E-state index is 11.5. The summed E-state index contributed by atoms with van der Waals surface area (Å²) in [7, 11) is 1.81. The summed E-state index contributed by atoms with van der Waals surface area (Å²) in [6.45, 7) is 8.78. The van der Waals surface area contributed by atoms with Crippen LogP contribution in [0.2, 0.25) is 0 Å². The normalized spacial score (nSPS) is 12.5. The van der Waals surface area contributed by atoms with Crippen LogP contribution in [-0.2, 0) is 4.74 Å². The summed E-state index contributed by atoms with van der Waals surface area (Å²) in [5.41, 5.74) is 0.559. The van der Waals surface area contributed by atoms with Gasteiger partial charge in [-0.25, -0.2) is 4.79 Å². The fourth-order valence-corrected chi connectivity index (χ4v) is 1.30. The number of nitrogens with one attached hydrogen (secondary N) is 1. The average molecular weight is 302 g/mol. The molecule has 0 unspecified atom stereocenters. The number of rotatable bonds is 7. The summed E-state index contributed by atoms with van der Waals surface area (Å²) in [6.07, 6.45) is 10.5. The Morgan fingerprint density at radius 2 is 1.95 bits per heavy atom. The molecule has 1 amide bonds. The van der Waals surface area contributed by atoms with Crippen molar-refractivity contribution in [2.24, 2.45) is 0 Å². The summed E-state index contributed by atoms with van der Waals surface area (Å²) in [6, 6.07) is 0. The zero-order chi connectivity index (χ0) is 15.4. The van der Waals surface area contributed by atoms with Crippen molar-refractivity contribution in [3.63, 3.8) is 0 Å². The Bertz CT molecular complexity index is 369. The van der Waals surface area contributed by atoms with Gasteiger partial charge in [-0.05, 0) is 33.3 Å². The third-order valence-electron chi connectivity index (χ3n) is 2.28. The monoisotopic (exact) mass is 302 g/mol. The van der Waals surface area contributed by atoms with Gasteiger partial charge >= 0.3 is 35.7 Å². The third kappa shape index (κ3) is 15.7. The van der Waals surface area contributed by atoms with Gasteiger partial charge in [0, 0.05) is 6.54 Å². The van der Waals surface area contributed by atoms with Crippen LogP contribution in [0.15, 0.2) is 36.0 Å². The SMILES string of the molecule is C\C=C(/C=C\C=C\CC[N-]C)CNC(=O)OC(C)(C)C.[Na+]. The largest absolute Gasteiger partial charge is 1.00 e. The maximum Gasteiger partial charge on any atom is 1.00 e. The third-order valence-corrected chi connectivity index (χ3v) is 2.28. The van der Waals surface area contributed by atoms with Crippen molar-refractivity contribution >= 4 is 6.09 Å². The molecular formula is C16H27N2NaO2. The minimum atomic E-state index is -0.469. The van der Waals surface area contributed by atoms with Crippen molar-refractivity contribution in [1.29, 1.82) is 0 Å². The predicted octanol–water partition coefficient (Wildman–Crippen LogP) is 0.967. The van der Waals surface area contributed by atoms with Crippen LogP contribution in [0, 0.1) is 0 Å². The van der Waals surface area contributed by atoms with Crippen molar-refractivity contribution in [3.05, 3.63) is 41.3 Å². The first-order valence-electron chi connectivity index (χ1n) is 6.90. The van der Waals surface area contributed by atoms with E-state index in [-0.39, 0.29) is 29.6 Å². The Kier molecular flexibility index (Phi) is 14.2. The van der Waals surface area contributed by atoms with Crippen LogP contribution in [0.4, 0.5) is 4.79 Å². The number of nitrogens with zero attached hydrogens (tertiary/aromatic N) is 1. The quantitative estimate of drug-likeness (QED) is 0.433. The molecule has 0 aliphatic carbocycles. The molecular weight excluding hydrogens is 275 g/mol. The number of carbonyl (C=O) groups is 1. The molecule has 114 valence electrons. The molecule has 0 saturated heterocycles. The minimum absolute atomic E-state index is 0. The predicted molar refractivity (Wildman–Crippen MR) is 85.0 cm³/mol. The molecule has 0 aromatic carbocycles. The van der Waals surface area contributed by atoms with Gasteiger partial charge in [0.05, 0.1) is 0 Å². The van der Waals surface area contributed by atoms with E-state index < -0.39 is 11.7 Å². The number of hydrogen-bond acceptors (Lipinski definition) is 2. The van der Waals surface area contributed by atoms with Gasteiger partial charge in [0.15, 0.2) is 0 Å². The molecule has 0 aromatic rings. The van der Waals surface area contributed by atoms with Crippen molar-refractivity contribution in [1.82, 2.24) is 5.32 Å². The van der Waals surface area contributed by atoms with E-state index in [1.165, 1.54) is 0 Å². The molecule has 0 radical (unpaired) electrons. The van der Waals surface area contributed by atoms with Crippen LogP contribution in [-0.4, -0.2) is 31.8 Å². The van der Waals surface area contributed by atoms with Gasteiger partial charge in [-0.15, -0.1) is 6.54 Å². The van der Waals surface area contributed by atoms with E-state index in [4.69, 9.17) is 4.74 Å². The van der Waals surface area contributed by atoms with Gasteiger partial charge in [-0.1, -0.05) is 36.8 Å². The van der Waals surface area contributed by atoms with E-state index >= 15 is 0 Å². The Balaban J connectivity index is 0. The number of ether oxygens (including phenoxy) is 1. The van der Waals surface area contributed by atoms with Gasteiger partial charge in [0.1, 0.15) is 5.60 Å². The van der Waals surface area contributed by atoms with Crippen LogP contribution >= 0.6 is 0 Å². The first kappa shape index (κ1) is 22.7. The summed E-state index contributed by atoms with van der Waals surface area (Å²) >= 11 is 0. The second kappa shape index (κ2) is 13.1. The Labute approximate surface area is 151 Å². The molecule has 0 saturated carbocycles. The Morgan fingerprint density at radius 3 is 2.48 bits per heavy atom. The van der Waals surface area contributed by atoms with E-state index in [2.05, 4.69) is 16.7 Å². The molecule has 0 spiro atoms. The molecule has 0 aliphatic rings. The van der Waals surface area contributed by atoms with Crippen molar-refractivity contribution in [3.8, 4) is 0 Å². The zero-order valence-corrected chi connectivity index (χ0v) is 16.3. The zero-order valence-electron chi connectivity index (χ0n) is 14.3. The standard InChI is InChI=1S/C16H27N2O2.Na/c1-6-14(11-9-7-8-10-12-17-5)13-18-15(19)20-16(2,3)4;/h6-9,11H,10,12-13H2,1-5H3,(H,18,19);/q-1;+1/b8-7+,11-9-,14-6+;. The van der Waals surface area contributed by atoms with Crippen molar-refractivity contribution < 1.29 is 39.1 Å². The molecule has 1 N–H and O–H groups in total. The number of carbonyl (C=O) groups excluding carboxylic acids is 1. The second-order valence-electron chi connectivity index (χ2n) is 5.33. The van der Waals surface area contributed by atoms with E-state index in [1.807, 2.05) is 59.0 Å². The molecule has 0 fully saturated rings. The number of amides is 1. The summed E-state index contributed by atoms with van der Waals surface area (Å²) < 4.78 is 5.18. The molecule has 0 heterocycles. The topological polar surface area (TPSA) is 52.4 Å². The molecule has 4 nitrogen and oxygen atoms in total. The van der Waals surface area contributed by atoms with E-state index in [1.54, 1.807) is 0 Å².